The van der Waals surface area contributed by atoms with E-state index < -0.39 is 17.7 Å². The van der Waals surface area contributed by atoms with Gasteiger partial charge in [0, 0.05) is 24.9 Å². The van der Waals surface area contributed by atoms with E-state index in [-0.39, 0.29) is 12.0 Å². The summed E-state index contributed by atoms with van der Waals surface area (Å²) in [7, 11) is 0. The highest BCUT2D eigenvalue weighted by atomic mass is 19.1. The van der Waals surface area contributed by atoms with Gasteiger partial charge in [-0.25, -0.2) is 8.78 Å². The lowest BCUT2D eigenvalue weighted by atomic mass is 10.0. The summed E-state index contributed by atoms with van der Waals surface area (Å²) in [5.41, 5.74) is 0.944. The number of hydrogen-bond donors (Lipinski definition) is 1. The Hall–Kier alpha value is -1.81. The van der Waals surface area contributed by atoms with Crippen molar-refractivity contribution in [2.75, 3.05) is 0 Å². The van der Waals surface area contributed by atoms with E-state index in [0.29, 0.717) is 5.56 Å². The van der Waals surface area contributed by atoms with Gasteiger partial charge in [-0.1, -0.05) is 6.07 Å². The van der Waals surface area contributed by atoms with Gasteiger partial charge < -0.3 is 5.11 Å². The average molecular weight is 235 g/mol. The molecule has 0 aliphatic heterocycles. The lowest BCUT2D eigenvalue weighted by Gasteiger charge is -2.11. The third-order valence-corrected chi connectivity index (χ3v) is 2.52. The van der Waals surface area contributed by atoms with Gasteiger partial charge in [0.2, 0.25) is 0 Å². The molecule has 17 heavy (non-hydrogen) atoms. The first-order valence-electron chi connectivity index (χ1n) is 5.19. The van der Waals surface area contributed by atoms with Crippen molar-refractivity contribution in [3.8, 4) is 0 Å². The van der Waals surface area contributed by atoms with E-state index in [0.717, 1.165) is 6.07 Å². The van der Waals surface area contributed by atoms with Crippen molar-refractivity contribution >= 4 is 0 Å². The number of aliphatic hydroxyl groups excluding tert-OH is 1. The predicted octanol–water partition coefficient (Wildman–Crippen LogP) is 2.64. The van der Waals surface area contributed by atoms with Gasteiger partial charge in [0.25, 0.3) is 0 Å². The molecule has 4 heteroatoms. The quantitative estimate of drug-likeness (QED) is 0.887. The average Bonchev–Trinajstić information content (AvgIpc) is 2.34. The molecule has 1 aromatic heterocycles. The number of benzene rings is 1. The van der Waals surface area contributed by atoms with Crippen molar-refractivity contribution in [3.05, 3.63) is 65.5 Å². The largest absolute Gasteiger partial charge is 0.388 e. The summed E-state index contributed by atoms with van der Waals surface area (Å²) in [5.74, 6) is -1.26. The molecule has 1 unspecified atom stereocenters. The molecule has 0 fully saturated rings. The molecule has 0 aliphatic carbocycles. The maximum atomic E-state index is 13.4. The third kappa shape index (κ3) is 2.85. The van der Waals surface area contributed by atoms with E-state index in [1.54, 1.807) is 24.5 Å². The fourth-order valence-electron chi connectivity index (χ4n) is 1.60. The molecule has 0 bridgehead atoms. The molecule has 0 saturated carbocycles. The number of rotatable bonds is 3. The molecule has 2 aromatic rings. The highest BCUT2D eigenvalue weighted by Crippen LogP contribution is 2.19. The number of hydrogen-bond acceptors (Lipinski definition) is 2. The number of aromatic nitrogens is 1. The Morgan fingerprint density at radius 1 is 1.12 bits per heavy atom. The number of pyridine rings is 1. The first-order valence-corrected chi connectivity index (χ1v) is 5.19. The van der Waals surface area contributed by atoms with Gasteiger partial charge in [-0.15, -0.1) is 0 Å². The second kappa shape index (κ2) is 5.01. The molecule has 1 heterocycles. The molecule has 0 saturated heterocycles. The minimum Gasteiger partial charge on any atom is -0.388 e. The van der Waals surface area contributed by atoms with Crippen LogP contribution in [0.2, 0.25) is 0 Å². The fraction of sp³-hybridized carbons (Fsp3) is 0.154. The van der Waals surface area contributed by atoms with E-state index in [4.69, 9.17) is 0 Å². The van der Waals surface area contributed by atoms with Crippen LogP contribution in [0, 0.1) is 11.6 Å². The van der Waals surface area contributed by atoms with Gasteiger partial charge in [0.15, 0.2) is 0 Å². The molecule has 1 atom stereocenters. The first-order chi connectivity index (χ1) is 8.16. The molecule has 1 N–H and O–H groups in total. The van der Waals surface area contributed by atoms with Crippen molar-refractivity contribution in [3.63, 3.8) is 0 Å². The van der Waals surface area contributed by atoms with Crippen LogP contribution < -0.4 is 0 Å². The zero-order valence-corrected chi connectivity index (χ0v) is 8.98. The maximum absolute atomic E-state index is 13.4. The highest BCUT2D eigenvalue weighted by molar-refractivity contribution is 5.22. The summed E-state index contributed by atoms with van der Waals surface area (Å²) < 4.78 is 26.1. The topological polar surface area (TPSA) is 33.1 Å². The fourth-order valence-corrected chi connectivity index (χ4v) is 1.60. The van der Waals surface area contributed by atoms with Gasteiger partial charge in [0.05, 0.1) is 6.10 Å². The summed E-state index contributed by atoms with van der Waals surface area (Å²) in [4.78, 5) is 3.83. The summed E-state index contributed by atoms with van der Waals surface area (Å²) in [6.45, 7) is 0. The van der Waals surface area contributed by atoms with Gasteiger partial charge in [-0.3, -0.25) is 4.98 Å². The van der Waals surface area contributed by atoms with Crippen molar-refractivity contribution in [2.24, 2.45) is 0 Å². The van der Waals surface area contributed by atoms with Crippen molar-refractivity contribution in [1.82, 2.24) is 4.98 Å². The Morgan fingerprint density at radius 3 is 2.47 bits per heavy atom. The monoisotopic (exact) mass is 235 g/mol. The minimum absolute atomic E-state index is 0.107. The van der Waals surface area contributed by atoms with Crippen LogP contribution in [-0.2, 0) is 6.42 Å². The molecule has 0 radical (unpaired) electrons. The SMILES string of the molecule is OC(Cc1ccc(F)cc1F)c1ccncc1. The standard InChI is InChI=1S/C13H11F2NO/c14-11-2-1-10(12(15)8-11)7-13(17)9-3-5-16-6-4-9/h1-6,8,13,17H,7H2. The lowest BCUT2D eigenvalue weighted by molar-refractivity contribution is 0.177. The number of halogens is 2. The van der Waals surface area contributed by atoms with Crippen LogP contribution in [0.3, 0.4) is 0 Å². The molecular formula is C13H11F2NO. The van der Waals surface area contributed by atoms with Crippen LogP contribution in [0.25, 0.3) is 0 Å². The van der Waals surface area contributed by atoms with E-state index in [1.165, 1.54) is 12.1 Å². The van der Waals surface area contributed by atoms with E-state index in [2.05, 4.69) is 4.98 Å². The molecule has 0 amide bonds. The minimum atomic E-state index is -0.821. The van der Waals surface area contributed by atoms with Gasteiger partial charge in [-0.2, -0.15) is 0 Å². The second-order valence-corrected chi connectivity index (χ2v) is 3.74. The van der Waals surface area contributed by atoms with Crippen molar-refractivity contribution < 1.29 is 13.9 Å². The molecule has 2 rings (SSSR count). The Kier molecular flexibility index (Phi) is 3.44. The Bertz CT molecular complexity index is 502. The Morgan fingerprint density at radius 2 is 1.82 bits per heavy atom. The Labute approximate surface area is 97.6 Å². The zero-order chi connectivity index (χ0) is 12.3. The van der Waals surface area contributed by atoms with Crippen LogP contribution in [0.15, 0.2) is 42.7 Å². The summed E-state index contributed by atoms with van der Waals surface area (Å²) in [6, 6.07) is 6.65. The zero-order valence-electron chi connectivity index (χ0n) is 8.98. The lowest BCUT2D eigenvalue weighted by Crippen LogP contribution is -2.03. The van der Waals surface area contributed by atoms with Crippen molar-refractivity contribution in [1.29, 1.82) is 0 Å². The molecule has 2 nitrogen and oxygen atoms in total. The second-order valence-electron chi connectivity index (χ2n) is 3.74. The predicted molar refractivity (Wildman–Crippen MR) is 59.3 cm³/mol. The summed E-state index contributed by atoms with van der Waals surface area (Å²) in [5, 5.41) is 9.88. The van der Waals surface area contributed by atoms with Crippen LogP contribution in [-0.4, -0.2) is 10.1 Å². The van der Waals surface area contributed by atoms with Crippen LogP contribution in [0.4, 0.5) is 8.78 Å². The van der Waals surface area contributed by atoms with E-state index >= 15 is 0 Å². The van der Waals surface area contributed by atoms with Crippen LogP contribution >= 0.6 is 0 Å². The molecule has 0 spiro atoms. The number of nitrogens with zero attached hydrogens (tertiary/aromatic N) is 1. The molecule has 88 valence electrons. The van der Waals surface area contributed by atoms with E-state index in [1.807, 2.05) is 0 Å². The normalized spacial score (nSPS) is 12.4. The molecular weight excluding hydrogens is 224 g/mol. The Balaban J connectivity index is 2.16. The van der Waals surface area contributed by atoms with E-state index in [9.17, 15) is 13.9 Å². The maximum Gasteiger partial charge on any atom is 0.129 e. The molecule has 0 aliphatic rings. The smallest absolute Gasteiger partial charge is 0.129 e. The third-order valence-electron chi connectivity index (χ3n) is 2.52. The van der Waals surface area contributed by atoms with Gasteiger partial charge >= 0.3 is 0 Å². The van der Waals surface area contributed by atoms with Gasteiger partial charge in [0.1, 0.15) is 11.6 Å². The summed E-state index contributed by atoms with van der Waals surface area (Å²) >= 11 is 0. The van der Waals surface area contributed by atoms with Crippen LogP contribution in [0.1, 0.15) is 17.2 Å². The van der Waals surface area contributed by atoms with Crippen molar-refractivity contribution in [2.45, 2.75) is 12.5 Å². The number of aliphatic hydroxyl groups is 1. The van der Waals surface area contributed by atoms with Crippen LogP contribution in [0.5, 0.6) is 0 Å². The highest BCUT2D eigenvalue weighted by Gasteiger charge is 2.11. The molecule has 1 aromatic carbocycles. The van der Waals surface area contributed by atoms with Gasteiger partial charge in [-0.05, 0) is 29.3 Å². The summed E-state index contributed by atoms with van der Waals surface area (Å²) in [6.07, 6.45) is 2.40. The first kappa shape index (κ1) is 11.7.